The monoisotopic (exact) mass is 158 g/mol. The van der Waals surface area contributed by atoms with Gasteiger partial charge >= 0.3 is 0 Å². The first-order chi connectivity index (χ1) is 5.90. The highest BCUT2D eigenvalue weighted by molar-refractivity contribution is 5.85. The summed E-state index contributed by atoms with van der Waals surface area (Å²) in [4.78, 5) is 10.4. The zero-order valence-corrected chi connectivity index (χ0v) is 6.27. The third-order valence-electron chi connectivity index (χ3n) is 1.68. The molecule has 0 radical (unpaired) electrons. The number of aldehydes is 1. The molecule has 1 aromatic heterocycles. The van der Waals surface area contributed by atoms with Crippen LogP contribution in [0.3, 0.4) is 0 Å². The molecule has 0 spiro atoms. The van der Waals surface area contributed by atoms with Crippen molar-refractivity contribution in [2.24, 2.45) is 0 Å². The molecule has 0 atom stereocenters. The lowest BCUT2D eigenvalue weighted by molar-refractivity contribution is 0.112. The van der Waals surface area contributed by atoms with Crippen LogP contribution in [0.1, 0.15) is 10.4 Å². The smallest absolute Gasteiger partial charge is 0.150 e. The summed E-state index contributed by atoms with van der Waals surface area (Å²) in [5, 5.41) is 8.60. The second-order valence-corrected chi connectivity index (χ2v) is 2.47. The second kappa shape index (κ2) is 2.70. The molecular formula is C9H6N2O. The highest BCUT2D eigenvalue weighted by Crippen LogP contribution is 2.10. The molecule has 0 aliphatic rings. The molecule has 1 aromatic carbocycles. The summed E-state index contributed by atoms with van der Waals surface area (Å²) in [6.07, 6.45) is 2.43. The summed E-state index contributed by atoms with van der Waals surface area (Å²) in [5.74, 6) is 0. The molecule has 12 heavy (non-hydrogen) atoms. The first-order valence-electron chi connectivity index (χ1n) is 3.57. The Labute approximate surface area is 69.0 Å². The van der Waals surface area contributed by atoms with E-state index < -0.39 is 0 Å². The molecular weight excluding hydrogens is 152 g/mol. The van der Waals surface area contributed by atoms with Gasteiger partial charge in [0.05, 0.1) is 11.7 Å². The SMILES string of the molecule is O=Cc1ccc2ccnnc2c1. The lowest BCUT2D eigenvalue weighted by atomic mass is 10.2. The van der Waals surface area contributed by atoms with Crippen LogP contribution in [0.5, 0.6) is 0 Å². The summed E-state index contributed by atoms with van der Waals surface area (Å²) >= 11 is 0. The summed E-state index contributed by atoms with van der Waals surface area (Å²) in [7, 11) is 0. The van der Waals surface area contributed by atoms with Crippen LogP contribution >= 0.6 is 0 Å². The molecule has 0 aliphatic carbocycles. The Kier molecular flexibility index (Phi) is 1.55. The predicted molar refractivity (Wildman–Crippen MR) is 44.9 cm³/mol. The van der Waals surface area contributed by atoms with Crippen LogP contribution in [-0.2, 0) is 0 Å². The predicted octanol–water partition coefficient (Wildman–Crippen LogP) is 1.44. The van der Waals surface area contributed by atoms with Crippen molar-refractivity contribution in [3.05, 3.63) is 36.0 Å². The van der Waals surface area contributed by atoms with E-state index in [-0.39, 0.29) is 0 Å². The van der Waals surface area contributed by atoms with E-state index in [1.165, 1.54) is 0 Å². The van der Waals surface area contributed by atoms with E-state index in [9.17, 15) is 4.79 Å². The topological polar surface area (TPSA) is 42.9 Å². The maximum absolute atomic E-state index is 10.4. The van der Waals surface area contributed by atoms with Gasteiger partial charge in [0.1, 0.15) is 6.29 Å². The maximum atomic E-state index is 10.4. The van der Waals surface area contributed by atoms with Gasteiger partial charge in [0, 0.05) is 10.9 Å². The Hall–Kier alpha value is -1.77. The maximum Gasteiger partial charge on any atom is 0.150 e. The van der Waals surface area contributed by atoms with Crippen LogP contribution < -0.4 is 0 Å². The van der Waals surface area contributed by atoms with Crippen molar-refractivity contribution in [2.45, 2.75) is 0 Å². The third kappa shape index (κ3) is 1.05. The average Bonchev–Trinajstić information content (AvgIpc) is 2.17. The van der Waals surface area contributed by atoms with Gasteiger partial charge in [-0.05, 0) is 12.1 Å². The van der Waals surface area contributed by atoms with Crippen molar-refractivity contribution in [3.8, 4) is 0 Å². The molecule has 0 amide bonds. The molecule has 0 saturated heterocycles. The Morgan fingerprint density at radius 1 is 1.25 bits per heavy atom. The van der Waals surface area contributed by atoms with E-state index in [1.807, 2.05) is 12.1 Å². The largest absolute Gasteiger partial charge is 0.298 e. The van der Waals surface area contributed by atoms with Crippen molar-refractivity contribution in [2.75, 3.05) is 0 Å². The fraction of sp³-hybridized carbons (Fsp3) is 0. The molecule has 0 N–H and O–H groups in total. The van der Waals surface area contributed by atoms with Crippen LogP contribution in [0, 0.1) is 0 Å². The normalized spacial score (nSPS) is 10.0. The quantitative estimate of drug-likeness (QED) is 0.590. The number of hydrogen-bond acceptors (Lipinski definition) is 3. The Morgan fingerprint density at radius 2 is 2.17 bits per heavy atom. The third-order valence-corrected chi connectivity index (χ3v) is 1.68. The first kappa shape index (κ1) is 6.91. The standard InChI is InChI=1S/C9H6N2O/c12-6-7-1-2-8-3-4-10-11-9(8)5-7/h1-6H. The Balaban J connectivity index is 2.75. The van der Waals surface area contributed by atoms with Gasteiger partial charge in [-0.3, -0.25) is 4.79 Å². The van der Waals surface area contributed by atoms with Crippen LogP contribution in [-0.4, -0.2) is 16.5 Å². The Morgan fingerprint density at radius 3 is 3.00 bits per heavy atom. The summed E-state index contributed by atoms with van der Waals surface area (Å²) in [5.41, 5.74) is 1.38. The number of fused-ring (bicyclic) bond motifs is 1. The molecule has 0 fully saturated rings. The van der Waals surface area contributed by atoms with E-state index >= 15 is 0 Å². The Bertz CT molecular complexity index is 426. The number of rotatable bonds is 1. The van der Waals surface area contributed by atoms with E-state index in [0.717, 1.165) is 17.2 Å². The minimum Gasteiger partial charge on any atom is -0.298 e. The highest BCUT2D eigenvalue weighted by atomic mass is 16.1. The summed E-state index contributed by atoms with van der Waals surface area (Å²) in [6, 6.07) is 7.19. The molecule has 0 saturated carbocycles. The molecule has 0 unspecified atom stereocenters. The van der Waals surface area contributed by atoms with Gasteiger partial charge in [-0.15, -0.1) is 0 Å². The van der Waals surface area contributed by atoms with Gasteiger partial charge in [-0.2, -0.15) is 10.2 Å². The van der Waals surface area contributed by atoms with Gasteiger partial charge in [-0.25, -0.2) is 0 Å². The minimum absolute atomic E-state index is 0.628. The zero-order valence-electron chi connectivity index (χ0n) is 6.27. The van der Waals surface area contributed by atoms with E-state index in [2.05, 4.69) is 10.2 Å². The molecule has 58 valence electrons. The molecule has 0 bridgehead atoms. The lowest BCUT2D eigenvalue weighted by Crippen LogP contribution is -1.84. The number of carbonyl (C=O) groups is 1. The fourth-order valence-electron chi connectivity index (χ4n) is 1.07. The highest BCUT2D eigenvalue weighted by Gasteiger charge is 1.94. The lowest BCUT2D eigenvalue weighted by Gasteiger charge is -1.94. The molecule has 3 heteroatoms. The fourth-order valence-corrected chi connectivity index (χ4v) is 1.07. The van der Waals surface area contributed by atoms with Crippen molar-refractivity contribution in [1.29, 1.82) is 0 Å². The van der Waals surface area contributed by atoms with Gasteiger partial charge < -0.3 is 0 Å². The second-order valence-electron chi connectivity index (χ2n) is 2.47. The van der Waals surface area contributed by atoms with Crippen LogP contribution in [0.15, 0.2) is 30.5 Å². The summed E-state index contributed by atoms with van der Waals surface area (Å²) < 4.78 is 0. The van der Waals surface area contributed by atoms with Gasteiger partial charge in [0.25, 0.3) is 0 Å². The molecule has 3 nitrogen and oxygen atoms in total. The average molecular weight is 158 g/mol. The van der Waals surface area contributed by atoms with E-state index in [1.54, 1.807) is 18.3 Å². The van der Waals surface area contributed by atoms with Crippen LogP contribution in [0.4, 0.5) is 0 Å². The van der Waals surface area contributed by atoms with Crippen LogP contribution in [0.2, 0.25) is 0 Å². The molecule has 0 aliphatic heterocycles. The van der Waals surface area contributed by atoms with Crippen molar-refractivity contribution in [1.82, 2.24) is 10.2 Å². The van der Waals surface area contributed by atoms with Crippen molar-refractivity contribution in [3.63, 3.8) is 0 Å². The summed E-state index contributed by atoms with van der Waals surface area (Å²) in [6.45, 7) is 0. The first-order valence-corrected chi connectivity index (χ1v) is 3.57. The number of carbonyl (C=O) groups excluding carboxylic acids is 1. The van der Waals surface area contributed by atoms with Crippen molar-refractivity contribution < 1.29 is 4.79 Å². The number of aromatic nitrogens is 2. The van der Waals surface area contributed by atoms with Crippen molar-refractivity contribution >= 4 is 17.2 Å². The number of nitrogens with zero attached hydrogens (tertiary/aromatic N) is 2. The molecule has 1 heterocycles. The van der Waals surface area contributed by atoms with Gasteiger partial charge in [0.15, 0.2) is 0 Å². The number of hydrogen-bond donors (Lipinski definition) is 0. The van der Waals surface area contributed by atoms with E-state index in [4.69, 9.17) is 0 Å². The zero-order chi connectivity index (χ0) is 8.39. The minimum atomic E-state index is 0.628. The molecule has 2 rings (SSSR count). The molecule has 2 aromatic rings. The number of benzene rings is 1. The van der Waals surface area contributed by atoms with Crippen LogP contribution in [0.25, 0.3) is 10.9 Å². The van der Waals surface area contributed by atoms with Gasteiger partial charge in [0.2, 0.25) is 0 Å². The van der Waals surface area contributed by atoms with E-state index in [0.29, 0.717) is 5.56 Å². The van der Waals surface area contributed by atoms with Gasteiger partial charge in [-0.1, -0.05) is 12.1 Å².